The molecule has 4 aromatic rings. The van der Waals surface area contributed by atoms with Crippen molar-refractivity contribution in [1.29, 1.82) is 0 Å². The highest BCUT2D eigenvalue weighted by atomic mass is 35.5. The lowest BCUT2D eigenvalue weighted by Crippen LogP contribution is -2.17. The van der Waals surface area contributed by atoms with E-state index >= 15 is 0 Å². The number of ether oxygens (including phenoxy) is 1. The summed E-state index contributed by atoms with van der Waals surface area (Å²) in [5.41, 5.74) is 5.43. The number of nitrogens with one attached hydrogen (secondary N) is 1. The standard InChI is InChI=1S/C24H19ClN4O2S/c1-14-6-8-15(9-7-14)13-32-24-27-23-21(28-29-24)17-4-2-3-5-19(17)26-22(31-23)16-10-11-20(30)18(25)12-16/h2-12,22,26,30H,13H2,1H3. The van der Waals surface area contributed by atoms with E-state index in [2.05, 4.69) is 51.7 Å². The van der Waals surface area contributed by atoms with Crippen molar-refractivity contribution in [3.05, 3.63) is 88.4 Å². The molecule has 3 aromatic carbocycles. The maximum Gasteiger partial charge on any atom is 0.247 e. The van der Waals surface area contributed by atoms with Gasteiger partial charge in [0.25, 0.3) is 0 Å². The minimum atomic E-state index is -0.567. The third-order valence-electron chi connectivity index (χ3n) is 5.10. The molecule has 1 aromatic heterocycles. The molecule has 2 heterocycles. The van der Waals surface area contributed by atoms with E-state index in [4.69, 9.17) is 16.3 Å². The second-order valence-electron chi connectivity index (χ2n) is 7.42. The Morgan fingerprint density at radius 1 is 1.06 bits per heavy atom. The molecule has 1 unspecified atom stereocenters. The van der Waals surface area contributed by atoms with Crippen LogP contribution in [0.15, 0.2) is 71.9 Å². The first kappa shape index (κ1) is 20.6. The Morgan fingerprint density at radius 3 is 2.69 bits per heavy atom. The first-order chi connectivity index (χ1) is 15.6. The largest absolute Gasteiger partial charge is 0.506 e. The van der Waals surface area contributed by atoms with Crippen LogP contribution in [-0.4, -0.2) is 20.3 Å². The summed E-state index contributed by atoms with van der Waals surface area (Å²) in [6.45, 7) is 2.07. The summed E-state index contributed by atoms with van der Waals surface area (Å²) < 4.78 is 6.25. The Balaban J connectivity index is 1.49. The maximum absolute atomic E-state index is 9.79. The van der Waals surface area contributed by atoms with Crippen LogP contribution in [0.1, 0.15) is 22.9 Å². The van der Waals surface area contributed by atoms with Gasteiger partial charge < -0.3 is 15.2 Å². The molecule has 5 rings (SSSR count). The van der Waals surface area contributed by atoms with Crippen LogP contribution < -0.4 is 10.1 Å². The van der Waals surface area contributed by atoms with Gasteiger partial charge in [-0.25, -0.2) is 0 Å². The van der Waals surface area contributed by atoms with Gasteiger partial charge in [-0.1, -0.05) is 71.4 Å². The number of aryl methyl sites for hydroxylation is 1. The maximum atomic E-state index is 9.79. The average molecular weight is 463 g/mol. The molecule has 0 fully saturated rings. The molecule has 2 N–H and O–H groups in total. The van der Waals surface area contributed by atoms with E-state index in [1.54, 1.807) is 18.2 Å². The number of aromatic hydroxyl groups is 1. The molecular formula is C24H19ClN4O2S. The second kappa shape index (κ2) is 8.68. The number of phenols is 1. The van der Waals surface area contributed by atoms with Crippen molar-refractivity contribution in [2.75, 3.05) is 5.32 Å². The van der Waals surface area contributed by atoms with Gasteiger partial charge in [-0.15, -0.1) is 10.2 Å². The number of fused-ring (bicyclic) bond motifs is 3. The van der Waals surface area contributed by atoms with Crippen LogP contribution in [-0.2, 0) is 5.75 Å². The van der Waals surface area contributed by atoms with Gasteiger partial charge in [0.1, 0.15) is 5.75 Å². The highest BCUT2D eigenvalue weighted by molar-refractivity contribution is 7.98. The lowest BCUT2D eigenvalue weighted by molar-refractivity contribution is 0.225. The minimum Gasteiger partial charge on any atom is -0.506 e. The predicted molar refractivity (Wildman–Crippen MR) is 126 cm³/mol. The van der Waals surface area contributed by atoms with E-state index in [1.807, 2.05) is 24.3 Å². The van der Waals surface area contributed by atoms with Crippen molar-refractivity contribution in [3.8, 4) is 22.9 Å². The normalized spacial score (nSPS) is 14.5. The monoisotopic (exact) mass is 462 g/mol. The third-order valence-corrected chi connectivity index (χ3v) is 6.31. The van der Waals surface area contributed by atoms with Crippen molar-refractivity contribution in [2.45, 2.75) is 24.1 Å². The number of hydrogen-bond donors (Lipinski definition) is 2. The molecule has 1 aliphatic heterocycles. The van der Waals surface area contributed by atoms with Crippen molar-refractivity contribution in [2.24, 2.45) is 0 Å². The van der Waals surface area contributed by atoms with Gasteiger partial charge in [-0.3, -0.25) is 0 Å². The highest BCUT2D eigenvalue weighted by Gasteiger charge is 2.26. The van der Waals surface area contributed by atoms with Crippen LogP contribution in [0.2, 0.25) is 5.02 Å². The third kappa shape index (κ3) is 4.22. The lowest BCUT2D eigenvalue weighted by Gasteiger charge is -2.19. The zero-order valence-electron chi connectivity index (χ0n) is 17.1. The van der Waals surface area contributed by atoms with Gasteiger partial charge in [0.05, 0.1) is 5.02 Å². The quantitative estimate of drug-likeness (QED) is 0.360. The highest BCUT2D eigenvalue weighted by Crippen LogP contribution is 2.40. The van der Waals surface area contributed by atoms with Crippen LogP contribution >= 0.6 is 23.4 Å². The van der Waals surface area contributed by atoms with E-state index in [0.29, 0.717) is 16.7 Å². The lowest BCUT2D eigenvalue weighted by atomic mass is 10.1. The summed E-state index contributed by atoms with van der Waals surface area (Å²) in [4.78, 5) is 4.67. The predicted octanol–water partition coefficient (Wildman–Crippen LogP) is 6.00. The molecule has 1 aliphatic rings. The van der Waals surface area contributed by atoms with Crippen LogP contribution in [0.4, 0.5) is 5.69 Å². The molecule has 0 bridgehead atoms. The number of rotatable bonds is 4. The summed E-state index contributed by atoms with van der Waals surface area (Å²) >= 11 is 7.64. The molecule has 0 saturated carbocycles. The summed E-state index contributed by atoms with van der Waals surface area (Å²) in [6, 6.07) is 21.1. The number of hydrogen-bond acceptors (Lipinski definition) is 7. The summed E-state index contributed by atoms with van der Waals surface area (Å²) in [5.74, 6) is 1.13. The van der Waals surface area contributed by atoms with E-state index in [-0.39, 0.29) is 10.8 Å². The van der Waals surface area contributed by atoms with E-state index < -0.39 is 6.23 Å². The number of halogens is 1. The Hall–Kier alpha value is -3.29. The molecule has 0 amide bonds. The van der Waals surface area contributed by atoms with E-state index in [0.717, 1.165) is 22.6 Å². The van der Waals surface area contributed by atoms with Gasteiger partial charge in [-0.2, -0.15) is 4.98 Å². The van der Waals surface area contributed by atoms with Gasteiger partial charge in [0, 0.05) is 22.6 Å². The van der Waals surface area contributed by atoms with Crippen LogP contribution in [0, 0.1) is 6.92 Å². The zero-order chi connectivity index (χ0) is 22.1. The van der Waals surface area contributed by atoms with Crippen LogP contribution in [0.5, 0.6) is 11.6 Å². The number of benzene rings is 3. The van der Waals surface area contributed by atoms with E-state index in [1.165, 1.54) is 22.9 Å². The van der Waals surface area contributed by atoms with Crippen molar-refractivity contribution >= 4 is 29.1 Å². The molecule has 0 aliphatic carbocycles. The molecule has 6 nitrogen and oxygen atoms in total. The number of phenolic OH excluding ortho intramolecular Hbond substituents is 1. The average Bonchev–Trinajstić information content (AvgIpc) is 2.97. The van der Waals surface area contributed by atoms with E-state index in [9.17, 15) is 5.11 Å². The van der Waals surface area contributed by atoms with Gasteiger partial charge in [0.15, 0.2) is 11.9 Å². The Kier molecular flexibility index (Phi) is 5.59. The Morgan fingerprint density at radius 2 is 1.88 bits per heavy atom. The van der Waals surface area contributed by atoms with Crippen molar-refractivity contribution < 1.29 is 9.84 Å². The molecule has 0 radical (unpaired) electrons. The fourth-order valence-electron chi connectivity index (χ4n) is 3.38. The number of aromatic nitrogens is 3. The van der Waals surface area contributed by atoms with Crippen LogP contribution in [0.25, 0.3) is 11.3 Å². The first-order valence-corrected chi connectivity index (χ1v) is 11.4. The molecule has 160 valence electrons. The molecule has 8 heteroatoms. The van der Waals surface area contributed by atoms with Crippen molar-refractivity contribution in [3.63, 3.8) is 0 Å². The van der Waals surface area contributed by atoms with Crippen LogP contribution in [0.3, 0.4) is 0 Å². The SMILES string of the molecule is Cc1ccc(CSc2nnc3c(n2)OC(c2ccc(O)c(Cl)c2)Nc2ccccc2-3)cc1. The first-order valence-electron chi connectivity index (χ1n) is 10.0. The molecule has 32 heavy (non-hydrogen) atoms. The molecule has 0 saturated heterocycles. The Bertz CT molecular complexity index is 1280. The van der Waals surface area contributed by atoms with Crippen molar-refractivity contribution in [1.82, 2.24) is 15.2 Å². The van der Waals surface area contributed by atoms with Gasteiger partial charge >= 0.3 is 0 Å². The smallest absolute Gasteiger partial charge is 0.247 e. The fourth-order valence-corrected chi connectivity index (χ4v) is 4.30. The Labute approximate surface area is 194 Å². The zero-order valence-corrected chi connectivity index (χ0v) is 18.7. The fraction of sp³-hybridized carbons (Fsp3) is 0.125. The van der Waals surface area contributed by atoms with Gasteiger partial charge in [-0.05, 0) is 36.8 Å². The molecule has 0 spiro atoms. The number of anilines is 1. The summed E-state index contributed by atoms with van der Waals surface area (Å²) in [6.07, 6.45) is -0.567. The van der Waals surface area contributed by atoms with Gasteiger partial charge in [0.2, 0.25) is 11.0 Å². The topological polar surface area (TPSA) is 80.2 Å². The summed E-state index contributed by atoms with van der Waals surface area (Å²) in [5, 5.41) is 22.7. The minimum absolute atomic E-state index is 0.0172. The summed E-state index contributed by atoms with van der Waals surface area (Å²) in [7, 11) is 0. The number of thioether (sulfide) groups is 1. The number of nitrogens with zero attached hydrogens (tertiary/aromatic N) is 3. The molecular weight excluding hydrogens is 444 g/mol. The molecule has 1 atom stereocenters. The number of para-hydroxylation sites is 1. The second-order valence-corrected chi connectivity index (χ2v) is 8.77.